The van der Waals surface area contributed by atoms with Crippen molar-refractivity contribution in [3.8, 4) is 18.2 Å². The van der Waals surface area contributed by atoms with Crippen molar-refractivity contribution in [2.45, 2.75) is 0 Å². The molecule has 72 valence electrons. The zero-order valence-corrected chi connectivity index (χ0v) is 7.88. The molecule has 0 atom stereocenters. The number of rotatable bonds is 3. The molecule has 1 rings (SSSR count). The molecule has 0 fully saturated rings. The molecule has 0 bridgehead atoms. The lowest BCUT2D eigenvalue weighted by atomic mass is 10.3. The maximum Gasteiger partial charge on any atom is 0.140 e. The molecule has 0 saturated heterocycles. The Kier molecular flexibility index (Phi) is 3.65. The lowest BCUT2D eigenvalue weighted by molar-refractivity contribution is 0.958. The van der Waals surface area contributed by atoms with Gasteiger partial charge in [0, 0.05) is 0 Å². The second-order valence-corrected chi connectivity index (χ2v) is 2.69. The summed E-state index contributed by atoms with van der Waals surface area (Å²) in [5, 5.41) is 25.6. The van der Waals surface area contributed by atoms with Crippen molar-refractivity contribution in [3.63, 3.8) is 0 Å². The quantitative estimate of drug-likeness (QED) is 0.669. The van der Waals surface area contributed by atoms with Crippen molar-refractivity contribution < 1.29 is 0 Å². The monoisotopic (exact) mass is 197 g/mol. The minimum absolute atomic E-state index is 0.126. The molecule has 1 aromatic rings. The Balaban J connectivity index is 2.89. The van der Waals surface area contributed by atoms with Gasteiger partial charge in [0.2, 0.25) is 0 Å². The Bertz CT molecular complexity index is 427. The van der Waals surface area contributed by atoms with E-state index in [1.165, 1.54) is 6.20 Å². The molecular formula is C10H7N5. The molecule has 5 heteroatoms. The van der Waals surface area contributed by atoms with Crippen molar-refractivity contribution in [3.05, 3.63) is 24.0 Å². The van der Waals surface area contributed by atoms with Gasteiger partial charge in [-0.25, -0.2) is 4.98 Å². The van der Waals surface area contributed by atoms with Crippen molar-refractivity contribution in [1.82, 2.24) is 4.98 Å². The average Bonchev–Trinajstić information content (AvgIpc) is 2.29. The van der Waals surface area contributed by atoms with Crippen LogP contribution in [0, 0.1) is 34.0 Å². The Morgan fingerprint density at radius 2 is 1.80 bits per heavy atom. The molecule has 0 aliphatic heterocycles. The van der Waals surface area contributed by atoms with Crippen LogP contribution in [0.1, 0.15) is 5.69 Å². The van der Waals surface area contributed by atoms with Crippen LogP contribution in [0.25, 0.3) is 0 Å². The number of nitriles is 3. The highest BCUT2D eigenvalue weighted by Crippen LogP contribution is 2.11. The summed E-state index contributed by atoms with van der Waals surface area (Å²) in [5.41, 5.74) is 0.977. The topological polar surface area (TPSA) is 87.5 Å². The minimum Gasteiger partial charge on any atom is -0.344 e. The van der Waals surface area contributed by atoms with Crippen molar-refractivity contribution >= 4 is 5.69 Å². The van der Waals surface area contributed by atoms with E-state index in [4.69, 9.17) is 15.8 Å². The Morgan fingerprint density at radius 1 is 1.13 bits per heavy atom. The third-order valence-corrected chi connectivity index (χ3v) is 1.75. The summed E-state index contributed by atoms with van der Waals surface area (Å²) in [6, 6.07) is 9.04. The van der Waals surface area contributed by atoms with Crippen molar-refractivity contribution in [2.24, 2.45) is 0 Å². The van der Waals surface area contributed by atoms with Gasteiger partial charge in [0.15, 0.2) is 0 Å². The van der Waals surface area contributed by atoms with Crippen LogP contribution < -0.4 is 4.90 Å². The summed E-state index contributed by atoms with van der Waals surface area (Å²) in [5.74, 6) is 0. The van der Waals surface area contributed by atoms with Crippen LogP contribution >= 0.6 is 0 Å². The molecular weight excluding hydrogens is 190 g/mol. The standard InChI is InChI=1S/C10H7N5/c11-3-5-15(6-4-12)10-2-1-9(7-13)14-8-10/h1-2,8H,5-6H2. The third kappa shape index (κ3) is 2.69. The van der Waals surface area contributed by atoms with Gasteiger partial charge in [-0.3, -0.25) is 0 Å². The van der Waals surface area contributed by atoms with Gasteiger partial charge < -0.3 is 4.90 Å². The predicted octanol–water partition coefficient (Wildman–Crippen LogP) is 0.807. The summed E-state index contributed by atoms with van der Waals surface area (Å²) in [4.78, 5) is 5.44. The lowest BCUT2D eigenvalue weighted by Gasteiger charge is -2.16. The van der Waals surface area contributed by atoms with E-state index in [0.717, 1.165) is 0 Å². The van der Waals surface area contributed by atoms with E-state index >= 15 is 0 Å². The molecule has 0 N–H and O–H groups in total. The van der Waals surface area contributed by atoms with Crippen LogP contribution in [0.3, 0.4) is 0 Å². The first-order chi connectivity index (χ1) is 7.31. The lowest BCUT2D eigenvalue weighted by Crippen LogP contribution is -2.23. The van der Waals surface area contributed by atoms with Crippen LogP contribution in [0.15, 0.2) is 18.3 Å². The van der Waals surface area contributed by atoms with Crippen LogP contribution in [0.5, 0.6) is 0 Å². The smallest absolute Gasteiger partial charge is 0.140 e. The first kappa shape index (κ1) is 10.5. The first-order valence-electron chi connectivity index (χ1n) is 4.17. The number of hydrogen-bond donors (Lipinski definition) is 0. The summed E-state index contributed by atoms with van der Waals surface area (Å²) < 4.78 is 0. The van der Waals surface area contributed by atoms with E-state index in [1.807, 2.05) is 18.2 Å². The molecule has 0 aliphatic carbocycles. The summed E-state index contributed by atoms with van der Waals surface area (Å²) in [7, 11) is 0. The predicted molar refractivity (Wildman–Crippen MR) is 52.4 cm³/mol. The van der Waals surface area contributed by atoms with Gasteiger partial charge in [0.25, 0.3) is 0 Å². The van der Waals surface area contributed by atoms with Gasteiger partial charge in [-0.05, 0) is 12.1 Å². The van der Waals surface area contributed by atoms with Crippen molar-refractivity contribution in [1.29, 1.82) is 15.8 Å². The fraction of sp³-hybridized carbons (Fsp3) is 0.200. The van der Waals surface area contributed by atoms with E-state index < -0.39 is 0 Å². The van der Waals surface area contributed by atoms with Gasteiger partial charge in [0.1, 0.15) is 24.9 Å². The maximum absolute atomic E-state index is 8.55. The normalized spacial score (nSPS) is 8.33. The largest absolute Gasteiger partial charge is 0.344 e. The molecule has 0 aromatic carbocycles. The highest BCUT2D eigenvalue weighted by molar-refractivity contribution is 5.47. The third-order valence-electron chi connectivity index (χ3n) is 1.75. The summed E-state index contributed by atoms with van der Waals surface area (Å²) in [6.45, 7) is 0.252. The minimum atomic E-state index is 0.126. The second-order valence-electron chi connectivity index (χ2n) is 2.69. The molecule has 0 radical (unpaired) electrons. The van der Waals surface area contributed by atoms with E-state index in [0.29, 0.717) is 11.4 Å². The van der Waals surface area contributed by atoms with Gasteiger partial charge in [0.05, 0.1) is 24.0 Å². The zero-order chi connectivity index (χ0) is 11.1. The van der Waals surface area contributed by atoms with Gasteiger partial charge >= 0.3 is 0 Å². The number of pyridine rings is 1. The van der Waals surface area contributed by atoms with Crippen LogP contribution in [-0.2, 0) is 0 Å². The molecule has 0 unspecified atom stereocenters. The molecule has 0 saturated carbocycles. The first-order valence-corrected chi connectivity index (χ1v) is 4.17. The van der Waals surface area contributed by atoms with E-state index in [1.54, 1.807) is 17.0 Å². The fourth-order valence-corrected chi connectivity index (χ4v) is 1.05. The maximum atomic E-state index is 8.55. The van der Waals surface area contributed by atoms with E-state index in [9.17, 15) is 0 Å². The van der Waals surface area contributed by atoms with Crippen molar-refractivity contribution in [2.75, 3.05) is 18.0 Å². The van der Waals surface area contributed by atoms with Crippen LogP contribution in [0.2, 0.25) is 0 Å². The molecule has 0 spiro atoms. The summed E-state index contributed by atoms with van der Waals surface area (Å²) >= 11 is 0. The van der Waals surface area contributed by atoms with E-state index in [2.05, 4.69) is 4.98 Å². The highest BCUT2D eigenvalue weighted by Gasteiger charge is 2.05. The molecule has 5 nitrogen and oxygen atoms in total. The number of hydrogen-bond acceptors (Lipinski definition) is 5. The second kappa shape index (κ2) is 5.21. The Hall–Kier alpha value is -2.58. The van der Waals surface area contributed by atoms with Crippen LogP contribution in [0.4, 0.5) is 5.69 Å². The molecule has 1 aromatic heterocycles. The fourth-order valence-electron chi connectivity index (χ4n) is 1.05. The van der Waals surface area contributed by atoms with Gasteiger partial charge in [-0.1, -0.05) is 0 Å². The molecule has 0 amide bonds. The Labute approximate surface area is 87.4 Å². The number of anilines is 1. The van der Waals surface area contributed by atoms with E-state index in [-0.39, 0.29) is 13.1 Å². The average molecular weight is 197 g/mol. The Morgan fingerprint density at radius 3 is 2.20 bits per heavy atom. The van der Waals surface area contributed by atoms with Gasteiger partial charge in [-0.15, -0.1) is 0 Å². The van der Waals surface area contributed by atoms with Crippen LogP contribution in [-0.4, -0.2) is 18.1 Å². The summed E-state index contributed by atoms with van der Waals surface area (Å²) in [6.07, 6.45) is 1.48. The molecule has 15 heavy (non-hydrogen) atoms. The highest BCUT2D eigenvalue weighted by atomic mass is 15.1. The molecule has 1 heterocycles. The number of aromatic nitrogens is 1. The molecule has 0 aliphatic rings. The SMILES string of the molecule is N#CCN(CC#N)c1ccc(C#N)nc1. The van der Waals surface area contributed by atoms with Gasteiger partial charge in [-0.2, -0.15) is 15.8 Å². The number of nitrogens with zero attached hydrogens (tertiary/aromatic N) is 5. The zero-order valence-electron chi connectivity index (χ0n) is 7.88.